The van der Waals surface area contributed by atoms with Gasteiger partial charge in [-0.1, -0.05) is 44.2 Å². The minimum absolute atomic E-state index is 0.273. The smallest absolute Gasteiger partial charge is 0.234 e. The van der Waals surface area contributed by atoms with Gasteiger partial charge in [-0.2, -0.15) is 0 Å². The monoisotopic (exact) mass is 220 g/mol. The van der Waals surface area contributed by atoms with E-state index in [1.54, 1.807) is 0 Å². The topological polar surface area (TPSA) is 55.1 Å². The molecule has 3 N–H and O–H groups in total. The molecule has 0 unspecified atom stereocenters. The van der Waals surface area contributed by atoms with E-state index >= 15 is 0 Å². The quantitative estimate of drug-likeness (QED) is 0.760. The maximum Gasteiger partial charge on any atom is 0.234 e. The van der Waals surface area contributed by atoms with Gasteiger partial charge >= 0.3 is 0 Å². The van der Waals surface area contributed by atoms with Crippen LogP contribution in [0.1, 0.15) is 19.4 Å². The summed E-state index contributed by atoms with van der Waals surface area (Å²) in [4.78, 5) is 11.3. The molecule has 0 aliphatic carbocycles. The summed E-state index contributed by atoms with van der Waals surface area (Å²) < 4.78 is 0. The fourth-order valence-corrected chi connectivity index (χ4v) is 1.50. The van der Waals surface area contributed by atoms with Gasteiger partial charge in [0.15, 0.2) is 0 Å². The molecule has 0 radical (unpaired) electrons. The molecule has 1 aromatic carbocycles. The molecule has 0 bridgehead atoms. The highest BCUT2D eigenvalue weighted by Gasteiger charge is 2.15. The number of hydrogen-bond donors (Lipinski definition) is 2. The maximum atomic E-state index is 11.3. The minimum atomic E-state index is -0.287. The van der Waals surface area contributed by atoms with E-state index < -0.39 is 0 Å². The van der Waals surface area contributed by atoms with E-state index in [-0.39, 0.29) is 11.9 Å². The summed E-state index contributed by atoms with van der Waals surface area (Å²) >= 11 is 0. The summed E-state index contributed by atoms with van der Waals surface area (Å²) in [5.74, 6) is 0.224. The molecule has 0 fully saturated rings. The number of benzene rings is 1. The molecule has 16 heavy (non-hydrogen) atoms. The Bertz CT molecular complexity index is 322. The minimum Gasteiger partial charge on any atom is -0.368 e. The van der Waals surface area contributed by atoms with E-state index in [1.165, 1.54) is 0 Å². The Morgan fingerprint density at radius 2 is 1.94 bits per heavy atom. The summed E-state index contributed by atoms with van der Waals surface area (Å²) in [6.07, 6.45) is 0.656. The zero-order valence-electron chi connectivity index (χ0n) is 9.94. The predicted octanol–water partition coefficient (Wildman–Crippen LogP) is 1.33. The first-order valence-corrected chi connectivity index (χ1v) is 5.66. The number of rotatable bonds is 6. The van der Waals surface area contributed by atoms with Crippen molar-refractivity contribution in [3.05, 3.63) is 35.9 Å². The van der Waals surface area contributed by atoms with Gasteiger partial charge in [-0.15, -0.1) is 0 Å². The van der Waals surface area contributed by atoms with Crippen LogP contribution >= 0.6 is 0 Å². The number of amides is 1. The van der Waals surface area contributed by atoms with Crippen LogP contribution in [-0.4, -0.2) is 18.5 Å². The van der Waals surface area contributed by atoms with E-state index in [4.69, 9.17) is 5.73 Å². The van der Waals surface area contributed by atoms with Crippen LogP contribution in [0.3, 0.4) is 0 Å². The van der Waals surface area contributed by atoms with Crippen molar-refractivity contribution in [2.45, 2.75) is 26.3 Å². The molecule has 0 saturated carbocycles. The van der Waals surface area contributed by atoms with Gasteiger partial charge in [0, 0.05) is 0 Å². The Hall–Kier alpha value is -1.35. The van der Waals surface area contributed by atoms with Crippen molar-refractivity contribution in [2.75, 3.05) is 6.54 Å². The molecule has 0 saturated heterocycles. The predicted molar refractivity (Wildman–Crippen MR) is 66.0 cm³/mol. The molecule has 1 rings (SSSR count). The van der Waals surface area contributed by atoms with E-state index in [9.17, 15) is 4.79 Å². The summed E-state index contributed by atoms with van der Waals surface area (Å²) in [5, 5.41) is 3.19. The molecule has 3 nitrogen and oxygen atoms in total. The van der Waals surface area contributed by atoms with Crippen LogP contribution in [-0.2, 0) is 11.2 Å². The molecule has 0 aliphatic heterocycles. The summed E-state index contributed by atoms with van der Waals surface area (Å²) in [6.45, 7) is 5.02. The highest BCUT2D eigenvalue weighted by molar-refractivity contribution is 5.80. The molecule has 0 aliphatic rings. The van der Waals surface area contributed by atoms with E-state index in [0.29, 0.717) is 12.3 Å². The highest BCUT2D eigenvalue weighted by Crippen LogP contribution is 2.03. The second kappa shape index (κ2) is 6.28. The number of nitrogens with one attached hydrogen (secondary N) is 1. The summed E-state index contributed by atoms with van der Waals surface area (Å²) in [6, 6.07) is 9.64. The second-order valence-electron chi connectivity index (χ2n) is 4.45. The lowest BCUT2D eigenvalue weighted by Crippen LogP contribution is -2.44. The van der Waals surface area contributed by atoms with E-state index in [1.807, 2.05) is 30.3 Å². The van der Waals surface area contributed by atoms with Crippen molar-refractivity contribution in [1.29, 1.82) is 0 Å². The van der Waals surface area contributed by atoms with Crippen molar-refractivity contribution in [3.63, 3.8) is 0 Å². The van der Waals surface area contributed by atoms with Crippen LogP contribution in [0, 0.1) is 5.92 Å². The molecule has 1 atom stereocenters. The third-order valence-corrected chi connectivity index (χ3v) is 2.40. The SMILES string of the molecule is CC(C)CN[C@@H](Cc1ccccc1)C(N)=O. The zero-order chi connectivity index (χ0) is 12.0. The molecule has 3 heteroatoms. The number of hydrogen-bond acceptors (Lipinski definition) is 2. The van der Waals surface area contributed by atoms with Crippen molar-refractivity contribution >= 4 is 5.91 Å². The van der Waals surface area contributed by atoms with Gasteiger partial charge in [0.05, 0.1) is 6.04 Å². The highest BCUT2D eigenvalue weighted by atomic mass is 16.1. The second-order valence-corrected chi connectivity index (χ2v) is 4.45. The number of primary amides is 1. The van der Waals surface area contributed by atoms with Gasteiger partial charge in [-0.05, 0) is 24.4 Å². The third kappa shape index (κ3) is 4.45. The van der Waals surface area contributed by atoms with Gasteiger partial charge in [-0.25, -0.2) is 0 Å². The van der Waals surface area contributed by atoms with Crippen LogP contribution < -0.4 is 11.1 Å². The number of nitrogens with two attached hydrogens (primary N) is 1. The van der Waals surface area contributed by atoms with Gasteiger partial charge in [0.1, 0.15) is 0 Å². The van der Waals surface area contributed by atoms with E-state index in [2.05, 4.69) is 19.2 Å². The first kappa shape index (κ1) is 12.7. The molecule has 1 aromatic rings. The maximum absolute atomic E-state index is 11.3. The van der Waals surface area contributed by atoms with Crippen molar-refractivity contribution < 1.29 is 4.79 Å². The average Bonchev–Trinajstić information content (AvgIpc) is 2.25. The van der Waals surface area contributed by atoms with Crippen LogP contribution in [0.4, 0.5) is 0 Å². The first-order chi connectivity index (χ1) is 7.59. The van der Waals surface area contributed by atoms with Crippen molar-refractivity contribution in [3.8, 4) is 0 Å². The third-order valence-electron chi connectivity index (χ3n) is 2.40. The van der Waals surface area contributed by atoms with E-state index in [0.717, 1.165) is 12.1 Å². The lowest BCUT2D eigenvalue weighted by atomic mass is 10.0. The Morgan fingerprint density at radius 1 is 1.31 bits per heavy atom. The molecule has 0 heterocycles. The fourth-order valence-electron chi connectivity index (χ4n) is 1.50. The van der Waals surface area contributed by atoms with Crippen LogP contribution in [0.5, 0.6) is 0 Å². The largest absolute Gasteiger partial charge is 0.368 e. The molecular formula is C13H20N2O. The molecule has 0 spiro atoms. The normalized spacial score (nSPS) is 12.7. The van der Waals surface area contributed by atoms with Crippen LogP contribution in [0.15, 0.2) is 30.3 Å². The standard InChI is InChI=1S/C13H20N2O/c1-10(2)9-15-12(13(14)16)8-11-6-4-3-5-7-11/h3-7,10,12,15H,8-9H2,1-2H3,(H2,14,16)/t12-/m0/s1. The van der Waals surface area contributed by atoms with Gasteiger partial charge < -0.3 is 11.1 Å². The van der Waals surface area contributed by atoms with Gasteiger partial charge in [0.2, 0.25) is 5.91 Å². The lowest BCUT2D eigenvalue weighted by molar-refractivity contribution is -0.120. The van der Waals surface area contributed by atoms with Crippen molar-refractivity contribution in [1.82, 2.24) is 5.32 Å². The number of carbonyl (C=O) groups excluding carboxylic acids is 1. The van der Waals surface area contributed by atoms with Gasteiger partial charge in [-0.3, -0.25) is 4.79 Å². The van der Waals surface area contributed by atoms with Crippen molar-refractivity contribution in [2.24, 2.45) is 11.7 Å². The van der Waals surface area contributed by atoms with Crippen LogP contribution in [0.25, 0.3) is 0 Å². The Balaban J connectivity index is 2.55. The molecular weight excluding hydrogens is 200 g/mol. The summed E-state index contributed by atoms with van der Waals surface area (Å²) in [7, 11) is 0. The van der Waals surface area contributed by atoms with Gasteiger partial charge in [0.25, 0.3) is 0 Å². The lowest BCUT2D eigenvalue weighted by Gasteiger charge is -2.16. The first-order valence-electron chi connectivity index (χ1n) is 5.66. The Labute approximate surface area is 97.0 Å². The fraction of sp³-hybridized carbons (Fsp3) is 0.462. The summed E-state index contributed by atoms with van der Waals surface area (Å²) in [5.41, 5.74) is 6.50. The molecule has 88 valence electrons. The Kier molecular flexibility index (Phi) is 4.99. The molecule has 1 amide bonds. The Morgan fingerprint density at radius 3 is 2.44 bits per heavy atom. The molecule has 0 aromatic heterocycles. The van der Waals surface area contributed by atoms with Crippen LogP contribution in [0.2, 0.25) is 0 Å². The number of carbonyl (C=O) groups is 1. The zero-order valence-corrected chi connectivity index (χ0v) is 9.94. The average molecular weight is 220 g/mol.